The molecule has 0 amide bonds. The Kier molecular flexibility index (Phi) is 4.14. The van der Waals surface area contributed by atoms with Crippen molar-refractivity contribution >= 4 is 0 Å². The average molecular weight is 177 g/mol. The molecule has 13 heavy (non-hydrogen) atoms. The molecule has 2 heteroatoms. The van der Waals surface area contributed by atoms with Gasteiger partial charge in [0.25, 0.3) is 0 Å². The summed E-state index contributed by atoms with van der Waals surface area (Å²) < 4.78 is 5.25. The van der Waals surface area contributed by atoms with Gasteiger partial charge in [-0.2, -0.15) is 0 Å². The molecule has 1 aromatic rings. The fourth-order valence-corrected chi connectivity index (χ4v) is 1.11. The van der Waals surface area contributed by atoms with Gasteiger partial charge in [0.1, 0.15) is 5.76 Å². The van der Waals surface area contributed by atoms with Crippen molar-refractivity contribution in [2.75, 3.05) is 6.54 Å². The van der Waals surface area contributed by atoms with Crippen molar-refractivity contribution in [2.24, 2.45) is 0 Å². The first-order valence-electron chi connectivity index (χ1n) is 4.51. The fraction of sp³-hybridized carbons (Fsp3) is 0.455. The lowest BCUT2D eigenvalue weighted by Crippen LogP contribution is -2.18. The summed E-state index contributed by atoms with van der Waals surface area (Å²) in [5.41, 5.74) is 0. The van der Waals surface area contributed by atoms with Gasteiger partial charge in [-0.1, -0.05) is 0 Å². The summed E-state index contributed by atoms with van der Waals surface area (Å²) in [6.07, 6.45) is 2.58. The predicted octanol–water partition coefficient (Wildman–Crippen LogP) is 2.34. The summed E-state index contributed by atoms with van der Waals surface area (Å²) >= 11 is 0. The molecule has 0 spiro atoms. The maximum absolute atomic E-state index is 5.25. The van der Waals surface area contributed by atoms with Gasteiger partial charge in [0.05, 0.1) is 12.3 Å². The van der Waals surface area contributed by atoms with Crippen LogP contribution in [0.3, 0.4) is 0 Å². The molecule has 70 valence electrons. The minimum absolute atomic E-state index is 0.272. The summed E-state index contributed by atoms with van der Waals surface area (Å²) in [6, 6.07) is 4.15. The lowest BCUT2D eigenvalue weighted by Gasteiger charge is -2.08. The second-order valence-corrected chi connectivity index (χ2v) is 2.87. The van der Waals surface area contributed by atoms with Gasteiger partial charge in [-0.3, -0.25) is 0 Å². The van der Waals surface area contributed by atoms with Crippen LogP contribution >= 0.6 is 0 Å². The van der Waals surface area contributed by atoms with E-state index < -0.39 is 0 Å². The van der Waals surface area contributed by atoms with E-state index in [0.29, 0.717) is 0 Å². The second kappa shape index (κ2) is 5.45. The highest BCUT2D eigenvalue weighted by Crippen LogP contribution is 2.11. The van der Waals surface area contributed by atoms with Crippen LogP contribution in [0.4, 0.5) is 0 Å². The quantitative estimate of drug-likeness (QED) is 0.564. The SMILES string of the molecule is CC#CCCN[C@H](C)c1ccco1. The molecule has 2 nitrogen and oxygen atoms in total. The minimum atomic E-state index is 0.272. The highest BCUT2D eigenvalue weighted by Gasteiger charge is 2.05. The third-order valence-corrected chi connectivity index (χ3v) is 1.85. The summed E-state index contributed by atoms with van der Waals surface area (Å²) in [6.45, 7) is 4.84. The molecule has 1 heterocycles. The van der Waals surface area contributed by atoms with E-state index >= 15 is 0 Å². The van der Waals surface area contributed by atoms with Crippen LogP contribution in [0.2, 0.25) is 0 Å². The van der Waals surface area contributed by atoms with Crippen LogP contribution in [0.25, 0.3) is 0 Å². The van der Waals surface area contributed by atoms with E-state index in [1.54, 1.807) is 6.26 Å². The number of hydrogen-bond acceptors (Lipinski definition) is 2. The van der Waals surface area contributed by atoms with Crippen molar-refractivity contribution in [3.8, 4) is 11.8 Å². The molecule has 0 bridgehead atoms. The topological polar surface area (TPSA) is 25.2 Å². The van der Waals surface area contributed by atoms with Crippen molar-refractivity contribution in [1.29, 1.82) is 0 Å². The Morgan fingerprint density at radius 2 is 2.46 bits per heavy atom. The molecule has 0 saturated carbocycles. The Labute approximate surface area is 79.3 Å². The Balaban J connectivity index is 2.25. The van der Waals surface area contributed by atoms with Crippen LogP contribution < -0.4 is 5.32 Å². The molecule has 0 aliphatic heterocycles. The Hall–Kier alpha value is -1.20. The van der Waals surface area contributed by atoms with Crippen LogP contribution in [0, 0.1) is 11.8 Å². The second-order valence-electron chi connectivity index (χ2n) is 2.87. The van der Waals surface area contributed by atoms with E-state index in [-0.39, 0.29) is 6.04 Å². The third-order valence-electron chi connectivity index (χ3n) is 1.85. The molecule has 0 saturated heterocycles. The highest BCUT2D eigenvalue weighted by atomic mass is 16.3. The smallest absolute Gasteiger partial charge is 0.120 e. The Morgan fingerprint density at radius 1 is 1.62 bits per heavy atom. The van der Waals surface area contributed by atoms with Crippen molar-refractivity contribution in [2.45, 2.75) is 26.3 Å². The van der Waals surface area contributed by atoms with Crippen LogP contribution in [0.15, 0.2) is 22.8 Å². The minimum Gasteiger partial charge on any atom is -0.468 e. The van der Waals surface area contributed by atoms with E-state index in [2.05, 4.69) is 24.1 Å². The van der Waals surface area contributed by atoms with Crippen molar-refractivity contribution in [3.05, 3.63) is 24.2 Å². The molecule has 0 unspecified atom stereocenters. The first kappa shape index (κ1) is 9.88. The van der Waals surface area contributed by atoms with Gasteiger partial charge >= 0.3 is 0 Å². The van der Waals surface area contributed by atoms with Gasteiger partial charge in [-0.05, 0) is 26.0 Å². The van der Waals surface area contributed by atoms with E-state index in [1.807, 2.05) is 19.1 Å². The van der Waals surface area contributed by atoms with E-state index in [0.717, 1.165) is 18.7 Å². The maximum Gasteiger partial charge on any atom is 0.120 e. The summed E-state index contributed by atoms with van der Waals surface area (Å²) in [4.78, 5) is 0. The van der Waals surface area contributed by atoms with E-state index in [4.69, 9.17) is 4.42 Å². The van der Waals surface area contributed by atoms with Gasteiger partial charge in [0.15, 0.2) is 0 Å². The molecular weight excluding hydrogens is 162 g/mol. The monoisotopic (exact) mass is 177 g/mol. The molecule has 1 aromatic heterocycles. The molecule has 0 fully saturated rings. The molecule has 0 radical (unpaired) electrons. The molecule has 1 N–H and O–H groups in total. The number of rotatable bonds is 4. The van der Waals surface area contributed by atoms with Gasteiger partial charge in [0, 0.05) is 13.0 Å². The zero-order valence-electron chi connectivity index (χ0n) is 8.13. The standard InChI is InChI=1S/C11H15NO/c1-3-4-5-8-12-10(2)11-7-6-9-13-11/h6-7,9-10,12H,5,8H2,1-2H3/t10-/m1/s1. The molecule has 0 aliphatic rings. The van der Waals surface area contributed by atoms with Crippen molar-refractivity contribution < 1.29 is 4.42 Å². The summed E-state index contributed by atoms with van der Waals surface area (Å²) in [5, 5.41) is 3.32. The third kappa shape index (κ3) is 3.35. The van der Waals surface area contributed by atoms with Crippen molar-refractivity contribution in [3.63, 3.8) is 0 Å². The number of furan rings is 1. The first-order valence-corrected chi connectivity index (χ1v) is 4.51. The van der Waals surface area contributed by atoms with Crippen molar-refractivity contribution in [1.82, 2.24) is 5.32 Å². The summed E-state index contributed by atoms with van der Waals surface area (Å²) in [5.74, 6) is 6.84. The van der Waals surface area contributed by atoms with Crippen LogP contribution in [0.5, 0.6) is 0 Å². The zero-order chi connectivity index (χ0) is 9.52. The fourth-order valence-electron chi connectivity index (χ4n) is 1.11. The average Bonchev–Trinajstić information content (AvgIpc) is 2.65. The zero-order valence-corrected chi connectivity index (χ0v) is 8.13. The lowest BCUT2D eigenvalue weighted by molar-refractivity contribution is 0.434. The van der Waals surface area contributed by atoms with Crippen LogP contribution in [0.1, 0.15) is 32.1 Å². The van der Waals surface area contributed by atoms with E-state index in [1.165, 1.54) is 0 Å². The normalized spacial score (nSPS) is 11.8. The molecule has 0 aromatic carbocycles. The largest absolute Gasteiger partial charge is 0.468 e. The van der Waals surface area contributed by atoms with Crippen LogP contribution in [-0.2, 0) is 0 Å². The van der Waals surface area contributed by atoms with Gasteiger partial charge in [-0.25, -0.2) is 0 Å². The van der Waals surface area contributed by atoms with Gasteiger partial charge < -0.3 is 9.73 Å². The Morgan fingerprint density at radius 3 is 3.08 bits per heavy atom. The van der Waals surface area contributed by atoms with E-state index in [9.17, 15) is 0 Å². The van der Waals surface area contributed by atoms with Gasteiger partial charge in [-0.15, -0.1) is 11.8 Å². The van der Waals surface area contributed by atoms with Gasteiger partial charge in [0.2, 0.25) is 0 Å². The number of nitrogens with one attached hydrogen (secondary N) is 1. The lowest BCUT2D eigenvalue weighted by atomic mass is 10.2. The molecule has 1 atom stereocenters. The highest BCUT2D eigenvalue weighted by molar-refractivity contribution is 5.03. The molecular formula is C11H15NO. The Bertz CT molecular complexity index is 279. The maximum atomic E-state index is 5.25. The molecule has 0 aliphatic carbocycles. The first-order chi connectivity index (χ1) is 6.34. The van der Waals surface area contributed by atoms with Crippen LogP contribution in [-0.4, -0.2) is 6.54 Å². The predicted molar refractivity (Wildman–Crippen MR) is 53.2 cm³/mol. The number of hydrogen-bond donors (Lipinski definition) is 1. The molecule has 1 rings (SSSR count). The summed E-state index contributed by atoms with van der Waals surface area (Å²) in [7, 11) is 0.